The van der Waals surface area contributed by atoms with E-state index in [4.69, 9.17) is 23.2 Å². The topological polar surface area (TPSA) is 86.8 Å². The van der Waals surface area contributed by atoms with Gasteiger partial charge in [-0.05, 0) is 74.7 Å². The number of amides is 2. The zero-order chi connectivity index (χ0) is 30.3. The van der Waals surface area contributed by atoms with E-state index in [0.717, 1.165) is 9.87 Å². The number of benzene rings is 3. The minimum atomic E-state index is -4.16. The van der Waals surface area contributed by atoms with Gasteiger partial charge in [0.15, 0.2) is 0 Å². The average Bonchev–Trinajstić information content (AvgIpc) is 2.92. The molecular weight excluding hydrogens is 649 g/mol. The number of carbonyl (C=O) groups is 2. The molecule has 0 aliphatic heterocycles. The van der Waals surface area contributed by atoms with Gasteiger partial charge >= 0.3 is 0 Å². The molecule has 1 N–H and O–H groups in total. The normalized spacial score (nSPS) is 12.9. The van der Waals surface area contributed by atoms with Crippen LogP contribution < -0.4 is 9.62 Å². The van der Waals surface area contributed by atoms with E-state index in [0.29, 0.717) is 38.6 Å². The predicted molar refractivity (Wildman–Crippen MR) is 169 cm³/mol. The van der Waals surface area contributed by atoms with E-state index in [1.165, 1.54) is 17.0 Å². The van der Waals surface area contributed by atoms with Gasteiger partial charge in [-0.3, -0.25) is 13.9 Å². The van der Waals surface area contributed by atoms with Gasteiger partial charge in [-0.15, -0.1) is 0 Å². The Morgan fingerprint density at radius 2 is 1.66 bits per heavy atom. The van der Waals surface area contributed by atoms with Gasteiger partial charge in [-0.1, -0.05) is 82.8 Å². The summed E-state index contributed by atoms with van der Waals surface area (Å²) in [6.45, 7) is 6.95. The number of sulfonamides is 1. The van der Waals surface area contributed by atoms with E-state index < -0.39 is 28.5 Å². The van der Waals surface area contributed by atoms with Crippen LogP contribution in [0.4, 0.5) is 5.69 Å². The SMILES string of the molecule is CC[C@H](C)NC(=O)[C@H](CC)N(Cc1ccc(Cl)cc1Cl)C(=O)CN(c1cccc(Br)c1)S(=O)(=O)c1ccc(C)cc1. The molecule has 0 spiro atoms. The summed E-state index contributed by atoms with van der Waals surface area (Å²) in [5.41, 5.74) is 1.78. The predicted octanol–water partition coefficient (Wildman–Crippen LogP) is 6.98. The largest absolute Gasteiger partial charge is 0.352 e. The maximum atomic E-state index is 14.1. The minimum Gasteiger partial charge on any atom is -0.352 e. The first-order valence-corrected chi connectivity index (χ1v) is 16.2. The van der Waals surface area contributed by atoms with E-state index >= 15 is 0 Å². The summed E-state index contributed by atoms with van der Waals surface area (Å²) in [6, 6.07) is 17.1. The maximum Gasteiger partial charge on any atom is 0.264 e. The second-order valence-corrected chi connectivity index (χ2v) is 13.4. The summed E-state index contributed by atoms with van der Waals surface area (Å²) >= 11 is 16.0. The fraction of sp³-hybridized carbons (Fsp3) is 0.333. The number of rotatable bonds is 12. The lowest BCUT2D eigenvalue weighted by atomic mass is 10.1. The minimum absolute atomic E-state index is 0.0157. The van der Waals surface area contributed by atoms with Gasteiger partial charge in [0.2, 0.25) is 11.8 Å². The average molecular weight is 683 g/mol. The number of carbonyl (C=O) groups excluding carboxylic acids is 2. The van der Waals surface area contributed by atoms with Gasteiger partial charge in [-0.25, -0.2) is 8.42 Å². The second-order valence-electron chi connectivity index (χ2n) is 9.80. The van der Waals surface area contributed by atoms with Gasteiger partial charge in [0.05, 0.1) is 10.6 Å². The van der Waals surface area contributed by atoms with Crippen molar-refractivity contribution in [3.63, 3.8) is 0 Å². The Labute approximate surface area is 261 Å². The van der Waals surface area contributed by atoms with Crippen LogP contribution in [-0.4, -0.2) is 43.8 Å². The zero-order valence-corrected chi connectivity index (χ0v) is 27.3. The molecular formula is C30H34BrCl2N3O4S. The Morgan fingerprint density at radius 3 is 2.24 bits per heavy atom. The van der Waals surface area contributed by atoms with Crippen LogP contribution in [0.2, 0.25) is 10.0 Å². The van der Waals surface area contributed by atoms with E-state index in [1.807, 2.05) is 20.8 Å². The number of hydrogen-bond donors (Lipinski definition) is 1. The summed E-state index contributed by atoms with van der Waals surface area (Å²) in [5.74, 6) is -0.881. The maximum absolute atomic E-state index is 14.1. The second kappa shape index (κ2) is 14.5. The quantitative estimate of drug-likeness (QED) is 0.223. The number of aryl methyl sites for hydroxylation is 1. The molecule has 0 bridgehead atoms. The highest BCUT2D eigenvalue weighted by Gasteiger charge is 2.34. The molecule has 0 fully saturated rings. The van der Waals surface area contributed by atoms with Crippen molar-refractivity contribution in [1.82, 2.24) is 10.2 Å². The fourth-order valence-electron chi connectivity index (χ4n) is 4.19. The third-order valence-corrected chi connectivity index (χ3v) is 9.60. The molecule has 220 valence electrons. The molecule has 11 heteroatoms. The van der Waals surface area contributed by atoms with Crippen LogP contribution in [0.3, 0.4) is 0 Å². The lowest BCUT2D eigenvalue weighted by Crippen LogP contribution is -2.53. The Morgan fingerprint density at radius 1 is 0.976 bits per heavy atom. The summed E-state index contributed by atoms with van der Waals surface area (Å²) in [4.78, 5) is 29.0. The molecule has 0 unspecified atom stereocenters. The molecule has 0 saturated carbocycles. The van der Waals surface area contributed by atoms with E-state index in [1.54, 1.807) is 61.5 Å². The Kier molecular flexibility index (Phi) is 11.7. The standard InChI is InChI=1S/C30H34BrCl2N3O4S/c1-5-21(4)34-30(38)28(6-2)35(18-22-12-13-24(32)17-27(22)33)29(37)19-36(25-9-7-8-23(31)16-25)41(39,40)26-14-10-20(3)11-15-26/h7-17,21,28H,5-6,18-19H2,1-4H3,(H,34,38)/t21-,28-/m0/s1. The van der Waals surface area contributed by atoms with Crippen LogP contribution in [0.1, 0.15) is 44.7 Å². The molecule has 2 amide bonds. The van der Waals surface area contributed by atoms with Crippen LogP contribution >= 0.6 is 39.1 Å². The first-order chi connectivity index (χ1) is 19.4. The van der Waals surface area contributed by atoms with Crippen molar-refractivity contribution in [2.75, 3.05) is 10.8 Å². The lowest BCUT2D eigenvalue weighted by molar-refractivity contribution is -0.140. The molecule has 41 heavy (non-hydrogen) atoms. The Hall–Kier alpha value is -2.59. The summed E-state index contributed by atoms with van der Waals surface area (Å²) < 4.78 is 29.6. The van der Waals surface area contributed by atoms with Gasteiger partial charge in [0.1, 0.15) is 12.6 Å². The van der Waals surface area contributed by atoms with Crippen LogP contribution in [-0.2, 0) is 26.2 Å². The van der Waals surface area contributed by atoms with E-state index in [-0.39, 0.29) is 23.4 Å². The van der Waals surface area contributed by atoms with Gasteiger partial charge in [-0.2, -0.15) is 0 Å². The highest BCUT2D eigenvalue weighted by molar-refractivity contribution is 9.10. The fourth-order valence-corrected chi connectivity index (χ4v) is 6.45. The third-order valence-electron chi connectivity index (χ3n) is 6.73. The first-order valence-electron chi connectivity index (χ1n) is 13.3. The monoisotopic (exact) mass is 681 g/mol. The molecule has 0 aromatic heterocycles. The molecule has 0 radical (unpaired) electrons. The molecule has 3 rings (SSSR count). The summed E-state index contributed by atoms with van der Waals surface area (Å²) in [5, 5.41) is 3.72. The van der Waals surface area contributed by atoms with Crippen LogP contribution in [0.15, 0.2) is 76.1 Å². The summed E-state index contributed by atoms with van der Waals surface area (Å²) in [6.07, 6.45) is 1.02. The van der Waals surface area contributed by atoms with Gasteiger partial charge in [0.25, 0.3) is 10.0 Å². The first kappa shape index (κ1) is 32.9. The number of halogens is 3. The third kappa shape index (κ3) is 8.47. The van der Waals surface area contributed by atoms with Crippen LogP contribution in [0.25, 0.3) is 0 Å². The van der Waals surface area contributed by atoms with Crippen molar-refractivity contribution in [3.05, 3.63) is 92.4 Å². The van der Waals surface area contributed by atoms with Crippen LogP contribution in [0, 0.1) is 6.92 Å². The molecule has 3 aromatic carbocycles. The highest BCUT2D eigenvalue weighted by Crippen LogP contribution is 2.28. The molecule has 0 heterocycles. The number of anilines is 1. The number of nitrogens with zero attached hydrogens (tertiary/aromatic N) is 2. The summed E-state index contributed by atoms with van der Waals surface area (Å²) in [7, 11) is -4.16. The van der Waals surface area contributed by atoms with Crippen molar-refractivity contribution in [1.29, 1.82) is 0 Å². The van der Waals surface area contributed by atoms with Crippen molar-refractivity contribution < 1.29 is 18.0 Å². The van der Waals surface area contributed by atoms with Crippen molar-refractivity contribution >= 4 is 66.7 Å². The Bertz CT molecular complexity index is 1490. The highest BCUT2D eigenvalue weighted by atomic mass is 79.9. The number of nitrogens with one attached hydrogen (secondary N) is 1. The smallest absolute Gasteiger partial charge is 0.264 e. The molecule has 0 aliphatic rings. The van der Waals surface area contributed by atoms with Crippen molar-refractivity contribution in [2.45, 2.75) is 64.1 Å². The molecule has 7 nitrogen and oxygen atoms in total. The van der Waals surface area contributed by atoms with Crippen LogP contribution in [0.5, 0.6) is 0 Å². The van der Waals surface area contributed by atoms with E-state index in [2.05, 4.69) is 21.2 Å². The number of hydrogen-bond acceptors (Lipinski definition) is 4. The van der Waals surface area contributed by atoms with Gasteiger partial charge in [0, 0.05) is 27.1 Å². The molecule has 0 aliphatic carbocycles. The van der Waals surface area contributed by atoms with Crippen molar-refractivity contribution in [3.8, 4) is 0 Å². The lowest BCUT2D eigenvalue weighted by Gasteiger charge is -2.34. The molecule has 2 atom stereocenters. The van der Waals surface area contributed by atoms with Gasteiger partial charge < -0.3 is 10.2 Å². The van der Waals surface area contributed by atoms with Crippen molar-refractivity contribution in [2.24, 2.45) is 0 Å². The molecule has 0 saturated heterocycles. The molecule has 3 aromatic rings. The zero-order valence-electron chi connectivity index (χ0n) is 23.4. The Balaban J connectivity index is 2.08. The van der Waals surface area contributed by atoms with E-state index in [9.17, 15) is 18.0 Å².